The second kappa shape index (κ2) is 9.35. The van der Waals surface area contributed by atoms with Gasteiger partial charge in [0.25, 0.3) is 0 Å². The largest absolute Gasteiger partial charge is 0.423 e. The second-order valence-electron chi connectivity index (χ2n) is 5.21. The number of allylic oxidation sites excluding steroid dienone is 1. The third-order valence-electron chi connectivity index (χ3n) is 3.45. The molecule has 0 saturated carbocycles. The topological polar surface area (TPSA) is 26.3 Å². The van der Waals surface area contributed by atoms with Crippen LogP contribution in [0.5, 0.6) is 5.75 Å². The van der Waals surface area contributed by atoms with E-state index in [4.69, 9.17) is 4.74 Å². The number of rotatable bonds is 8. The molecule has 0 aromatic heterocycles. The molecule has 0 saturated heterocycles. The first-order valence-electron chi connectivity index (χ1n) is 7.62. The quantitative estimate of drug-likeness (QED) is 0.280. The van der Waals surface area contributed by atoms with E-state index in [1.54, 1.807) is 6.08 Å². The Labute approximate surface area is 122 Å². The summed E-state index contributed by atoms with van der Waals surface area (Å²) in [7, 11) is 0. The molecule has 0 fully saturated rings. The summed E-state index contributed by atoms with van der Waals surface area (Å²) in [5.74, 6) is 0.804. The number of hydrogen-bond donors (Lipinski definition) is 0. The van der Waals surface area contributed by atoms with Crippen LogP contribution < -0.4 is 4.74 Å². The van der Waals surface area contributed by atoms with Crippen LogP contribution in [0.4, 0.5) is 0 Å². The first kappa shape index (κ1) is 16.5. The van der Waals surface area contributed by atoms with Gasteiger partial charge in [-0.1, -0.05) is 63.8 Å². The molecule has 20 heavy (non-hydrogen) atoms. The van der Waals surface area contributed by atoms with E-state index in [0.29, 0.717) is 11.7 Å². The normalized spacial score (nSPS) is 12.6. The third-order valence-corrected chi connectivity index (χ3v) is 3.45. The molecule has 1 atom stereocenters. The Morgan fingerprint density at radius 1 is 1.25 bits per heavy atom. The summed E-state index contributed by atoms with van der Waals surface area (Å²) in [5, 5.41) is 0. The van der Waals surface area contributed by atoms with E-state index in [0.717, 1.165) is 12.0 Å². The van der Waals surface area contributed by atoms with Crippen LogP contribution in [0.2, 0.25) is 0 Å². The van der Waals surface area contributed by atoms with Crippen molar-refractivity contribution in [2.75, 3.05) is 0 Å². The highest BCUT2D eigenvalue weighted by molar-refractivity contribution is 5.84. The molecule has 0 spiro atoms. The summed E-state index contributed by atoms with van der Waals surface area (Å²) in [4.78, 5) is 11.6. The molecule has 1 aromatic rings. The Balaban J connectivity index is 2.66. The zero-order chi connectivity index (χ0) is 14.8. The van der Waals surface area contributed by atoms with Crippen LogP contribution >= 0.6 is 0 Å². The van der Waals surface area contributed by atoms with Crippen molar-refractivity contribution < 1.29 is 9.53 Å². The average molecular weight is 274 g/mol. The average Bonchev–Trinajstić information content (AvgIpc) is 2.44. The van der Waals surface area contributed by atoms with Crippen LogP contribution in [0.1, 0.15) is 64.4 Å². The van der Waals surface area contributed by atoms with E-state index in [-0.39, 0.29) is 5.97 Å². The van der Waals surface area contributed by atoms with Gasteiger partial charge in [-0.15, -0.1) is 0 Å². The van der Waals surface area contributed by atoms with Crippen LogP contribution in [0.15, 0.2) is 36.4 Å². The molecular weight excluding hydrogens is 248 g/mol. The van der Waals surface area contributed by atoms with E-state index < -0.39 is 0 Å². The number of carbonyl (C=O) groups excluding carboxylic acids is 1. The molecule has 0 aliphatic carbocycles. The monoisotopic (exact) mass is 274 g/mol. The Kier molecular flexibility index (Phi) is 7.71. The van der Waals surface area contributed by atoms with E-state index in [1.165, 1.54) is 31.8 Å². The second-order valence-corrected chi connectivity index (χ2v) is 5.21. The number of unbranched alkanes of at least 4 members (excludes halogenated alkanes) is 3. The highest BCUT2D eigenvalue weighted by Crippen LogP contribution is 2.30. The predicted octanol–water partition coefficient (Wildman–Crippen LogP) is 5.24. The number of carbonyl (C=O) groups is 1. The Morgan fingerprint density at radius 3 is 2.70 bits per heavy atom. The van der Waals surface area contributed by atoms with Gasteiger partial charge >= 0.3 is 5.97 Å². The minimum absolute atomic E-state index is 0.307. The summed E-state index contributed by atoms with van der Waals surface area (Å²) in [5.41, 5.74) is 1.13. The fourth-order valence-corrected chi connectivity index (χ4v) is 2.29. The van der Waals surface area contributed by atoms with Crippen molar-refractivity contribution in [2.24, 2.45) is 0 Å². The number of para-hydroxylation sites is 1. The number of esters is 1. The lowest BCUT2D eigenvalue weighted by Crippen LogP contribution is -2.07. The van der Waals surface area contributed by atoms with E-state index in [9.17, 15) is 4.79 Å². The molecule has 2 heteroatoms. The van der Waals surface area contributed by atoms with Crippen LogP contribution in [-0.2, 0) is 4.79 Å². The molecule has 0 radical (unpaired) electrons. The molecule has 0 aliphatic rings. The number of hydrogen-bond acceptors (Lipinski definition) is 2. The zero-order valence-corrected chi connectivity index (χ0v) is 12.9. The molecule has 0 N–H and O–H groups in total. The third kappa shape index (κ3) is 5.60. The summed E-state index contributed by atoms with van der Waals surface area (Å²) >= 11 is 0. The minimum atomic E-state index is -0.307. The van der Waals surface area contributed by atoms with Gasteiger partial charge in [-0.2, -0.15) is 0 Å². The van der Waals surface area contributed by atoms with Gasteiger partial charge in [0.15, 0.2) is 0 Å². The predicted molar refractivity (Wildman–Crippen MR) is 84.1 cm³/mol. The maximum Gasteiger partial charge on any atom is 0.335 e. The first-order valence-corrected chi connectivity index (χ1v) is 7.62. The van der Waals surface area contributed by atoms with Crippen molar-refractivity contribution in [1.82, 2.24) is 0 Å². The van der Waals surface area contributed by atoms with Gasteiger partial charge in [-0.3, -0.25) is 0 Å². The van der Waals surface area contributed by atoms with Crippen LogP contribution in [0.25, 0.3) is 0 Å². The highest BCUT2D eigenvalue weighted by atomic mass is 16.5. The maximum atomic E-state index is 11.6. The van der Waals surface area contributed by atoms with Crippen LogP contribution in [0.3, 0.4) is 0 Å². The Morgan fingerprint density at radius 2 is 2.00 bits per heavy atom. The van der Waals surface area contributed by atoms with Crippen molar-refractivity contribution in [3.05, 3.63) is 42.0 Å². The summed E-state index contributed by atoms with van der Waals surface area (Å²) in [6.07, 6.45) is 9.34. The fourth-order valence-electron chi connectivity index (χ4n) is 2.29. The van der Waals surface area contributed by atoms with E-state index in [1.807, 2.05) is 25.1 Å². The van der Waals surface area contributed by atoms with Crippen molar-refractivity contribution in [1.29, 1.82) is 0 Å². The van der Waals surface area contributed by atoms with Gasteiger partial charge in [0.05, 0.1) is 0 Å². The molecule has 0 aliphatic heterocycles. The van der Waals surface area contributed by atoms with Crippen LogP contribution in [0, 0.1) is 0 Å². The Hall–Kier alpha value is -1.57. The molecule has 110 valence electrons. The highest BCUT2D eigenvalue weighted by Gasteiger charge is 2.12. The fraction of sp³-hybridized carbons (Fsp3) is 0.500. The van der Waals surface area contributed by atoms with Gasteiger partial charge in [0, 0.05) is 6.08 Å². The van der Waals surface area contributed by atoms with Crippen molar-refractivity contribution >= 4 is 5.97 Å². The van der Waals surface area contributed by atoms with E-state index in [2.05, 4.69) is 19.9 Å². The number of ether oxygens (including phenoxy) is 1. The summed E-state index contributed by atoms with van der Waals surface area (Å²) < 4.78 is 5.41. The number of benzene rings is 1. The lowest BCUT2D eigenvalue weighted by molar-refractivity contribution is -0.129. The van der Waals surface area contributed by atoms with E-state index >= 15 is 0 Å². The SMILES string of the molecule is C/C=C/C(=O)Oc1ccccc1C(C)CCCCCC. The zero-order valence-electron chi connectivity index (χ0n) is 12.9. The van der Waals surface area contributed by atoms with Gasteiger partial charge in [-0.25, -0.2) is 4.79 Å². The molecule has 0 bridgehead atoms. The summed E-state index contributed by atoms with van der Waals surface area (Å²) in [6.45, 7) is 6.23. The molecule has 0 amide bonds. The van der Waals surface area contributed by atoms with Crippen molar-refractivity contribution in [2.45, 2.75) is 58.8 Å². The standard InChI is InChI=1S/C18H26O2/c1-4-6-7-8-12-15(3)16-13-9-10-14-17(16)20-18(19)11-5-2/h5,9-11,13-15H,4,6-8,12H2,1-3H3/b11-5+. The van der Waals surface area contributed by atoms with Crippen molar-refractivity contribution in [3.63, 3.8) is 0 Å². The van der Waals surface area contributed by atoms with Gasteiger partial charge < -0.3 is 4.74 Å². The first-order chi connectivity index (χ1) is 9.69. The van der Waals surface area contributed by atoms with Gasteiger partial charge in [0.1, 0.15) is 5.75 Å². The lowest BCUT2D eigenvalue weighted by atomic mass is 9.94. The van der Waals surface area contributed by atoms with Gasteiger partial charge in [-0.05, 0) is 30.9 Å². The Bertz CT molecular complexity index is 435. The molecule has 1 aromatic carbocycles. The maximum absolute atomic E-state index is 11.6. The smallest absolute Gasteiger partial charge is 0.335 e. The molecule has 1 rings (SSSR count). The van der Waals surface area contributed by atoms with Crippen LogP contribution in [-0.4, -0.2) is 5.97 Å². The lowest BCUT2D eigenvalue weighted by Gasteiger charge is -2.15. The molecular formula is C18H26O2. The summed E-state index contributed by atoms with van der Waals surface area (Å²) in [6, 6.07) is 7.85. The molecule has 0 heterocycles. The van der Waals surface area contributed by atoms with Gasteiger partial charge in [0.2, 0.25) is 0 Å². The molecule has 1 unspecified atom stereocenters. The van der Waals surface area contributed by atoms with Crippen molar-refractivity contribution in [3.8, 4) is 5.75 Å². The molecule has 2 nitrogen and oxygen atoms in total. The minimum Gasteiger partial charge on any atom is -0.423 e.